The first-order valence-corrected chi connectivity index (χ1v) is 11.6. The summed E-state index contributed by atoms with van der Waals surface area (Å²) in [4.78, 5) is 33.1. The molecule has 182 valence electrons. The van der Waals surface area contributed by atoms with Crippen LogP contribution in [-0.2, 0) is 14.4 Å². The summed E-state index contributed by atoms with van der Waals surface area (Å²) in [6.07, 6.45) is -0.497. The van der Waals surface area contributed by atoms with Crippen LogP contribution in [0.3, 0.4) is 0 Å². The van der Waals surface area contributed by atoms with E-state index in [-0.39, 0.29) is 31.7 Å². The Bertz CT molecular complexity index is 988. The van der Waals surface area contributed by atoms with Crippen molar-refractivity contribution < 1.29 is 29.2 Å². The van der Waals surface area contributed by atoms with Gasteiger partial charge in [0.2, 0.25) is 0 Å². The van der Waals surface area contributed by atoms with E-state index >= 15 is 0 Å². The molecule has 0 saturated carbocycles. The first-order chi connectivity index (χ1) is 16.3. The molecule has 8 heteroatoms. The summed E-state index contributed by atoms with van der Waals surface area (Å²) >= 11 is 0. The third-order valence-corrected chi connectivity index (χ3v) is 6.25. The predicted octanol–water partition coefficient (Wildman–Crippen LogP) is 4.74. The summed E-state index contributed by atoms with van der Waals surface area (Å²) in [5.41, 5.74) is 4.03. The molecule has 34 heavy (non-hydrogen) atoms. The molecule has 0 bridgehead atoms. The molecule has 0 radical (unpaired) electrons. The van der Waals surface area contributed by atoms with E-state index in [1.165, 1.54) is 11.1 Å². The van der Waals surface area contributed by atoms with Crippen LogP contribution in [0.25, 0.3) is 11.1 Å². The molecule has 2 amide bonds. The maximum absolute atomic E-state index is 13.1. The molecule has 0 aromatic heterocycles. The van der Waals surface area contributed by atoms with Crippen LogP contribution in [0.15, 0.2) is 48.5 Å². The van der Waals surface area contributed by atoms with Gasteiger partial charge in [-0.15, -0.1) is 0 Å². The number of nitrogens with zero attached hydrogens (tertiary/aromatic N) is 2. The number of amides is 2. The highest BCUT2D eigenvalue weighted by Gasteiger charge is 2.36. The van der Waals surface area contributed by atoms with Crippen LogP contribution in [0.4, 0.5) is 9.59 Å². The Hall–Kier alpha value is -3.10. The Labute approximate surface area is 199 Å². The molecule has 1 heterocycles. The lowest BCUT2D eigenvalue weighted by atomic mass is 9.98. The number of hydrogen-bond acceptors (Lipinski definition) is 6. The Balaban J connectivity index is 1.43. The number of carbonyl (C=O) groups excluding carboxylic acids is 2. The minimum Gasteiger partial charge on any atom is -0.448 e. The largest absolute Gasteiger partial charge is 0.448 e. The topological polar surface area (TPSA) is 88.5 Å². The highest BCUT2D eigenvalue weighted by molar-refractivity contribution is 5.79. The average Bonchev–Trinajstić information content (AvgIpc) is 3.13. The van der Waals surface area contributed by atoms with E-state index < -0.39 is 17.8 Å². The van der Waals surface area contributed by atoms with Crippen molar-refractivity contribution in [1.29, 1.82) is 0 Å². The first kappa shape index (κ1) is 24.0. The lowest BCUT2D eigenvalue weighted by Gasteiger charge is -2.41. The average molecular weight is 469 g/mol. The van der Waals surface area contributed by atoms with Gasteiger partial charge in [0.05, 0.1) is 12.6 Å². The SMILES string of the molecule is CC(C)(C)OC(=O)N1CCN(C(=O)OCC2c3ccccc3-c3ccccc32)C(CCOO)C1. The van der Waals surface area contributed by atoms with Gasteiger partial charge < -0.3 is 19.3 Å². The zero-order valence-electron chi connectivity index (χ0n) is 19.9. The smallest absolute Gasteiger partial charge is 0.410 e. The summed E-state index contributed by atoms with van der Waals surface area (Å²) in [6, 6.07) is 16.0. The molecule has 2 aromatic carbocycles. The third-order valence-electron chi connectivity index (χ3n) is 6.25. The van der Waals surface area contributed by atoms with E-state index in [0.717, 1.165) is 11.1 Å². The van der Waals surface area contributed by atoms with Gasteiger partial charge in [0.1, 0.15) is 12.2 Å². The molecule has 1 saturated heterocycles. The van der Waals surface area contributed by atoms with Gasteiger partial charge in [0.15, 0.2) is 0 Å². The lowest BCUT2D eigenvalue weighted by molar-refractivity contribution is -0.244. The molecular formula is C26H32N2O6. The molecule has 1 aliphatic carbocycles. The minimum atomic E-state index is -0.606. The van der Waals surface area contributed by atoms with Crippen LogP contribution in [0, 0.1) is 0 Å². The molecular weight excluding hydrogens is 436 g/mol. The van der Waals surface area contributed by atoms with Crippen LogP contribution < -0.4 is 0 Å². The molecule has 8 nitrogen and oxygen atoms in total. The van der Waals surface area contributed by atoms with Crippen LogP contribution in [0.5, 0.6) is 0 Å². The van der Waals surface area contributed by atoms with E-state index in [1.54, 1.807) is 9.80 Å². The number of ether oxygens (including phenoxy) is 2. The van der Waals surface area contributed by atoms with Gasteiger partial charge in [0.25, 0.3) is 0 Å². The van der Waals surface area contributed by atoms with Crippen molar-refractivity contribution in [3.05, 3.63) is 59.7 Å². The molecule has 4 rings (SSSR count). The van der Waals surface area contributed by atoms with Crippen molar-refractivity contribution in [2.45, 2.75) is 44.8 Å². The Morgan fingerprint density at radius 1 is 0.971 bits per heavy atom. The fourth-order valence-electron chi connectivity index (χ4n) is 4.70. The van der Waals surface area contributed by atoms with Gasteiger partial charge in [-0.1, -0.05) is 48.5 Å². The van der Waals surface area contributed by atoms with Crippen molar-refractivity contribution in [2.24, 2.45) is 0 Å². The lowest BCUT2D eigenvalue weighted by Crippen LogP contribution is -2.57. The van der Waals surface area contributed by atoms with E-state index in [0.29, 0.717) is 19.5 Å². The van der Waals surface area contributed by atoms with Crippen LogP contribution in [0.2, 0.25) is 0 Å². The van der Waals surface area contributed by atoms with Crippen molar-refractivity contribution in [3.63, 3.8) is 0 Å². The van der Waals surface area contributed by atoms with E-state index in [1.807, 2.05) is 45.0 Å². The molecule has 1 atom stereocenters. The number of fused-ring (bicyclic) bond motifs is 3. The molecule has 2 aromatic rings. The second-order valence-electron chi connectivity index (χ2n) is 9.70. The summed E-state index contributed by atoms with van der Waals surface area (Å²) in [7, 11) is 0. The monoisotopic (exact) mass is 468 g/mol. The Morgan fingerprint density at radius 3 is 2.18 bits per heavy atom. The minimum absolute atomic E-state index is 0.0290. The van der Waals surface area contributed by atoms with Crippen molar-refractivity contribution >= 4 is 12.2 Å². The van der Waals surface area contributed by atoms with E-state index in [4.69, 9.17) is 14.7 Å². The second-order valence-corrected chi connectivity index (χ2v) is 9.70. The molecule has 1 fully saturated rings. The van der Waals surface area contributed by atoms with Gasteiger partial charge in [0, 0.05) is 25.6 Å². The predicted molar refractivity (Wildman–Crippen MR) is 127 cm³/mol. The summed E-state index contributed by atoms with van der Waals surface area (Å²) in [5, 5.41) is 8.84. The van der Waals surface area contributed by atoms with Crippen molar-refractivity contribution in [1.82, 2.24) is 9.80 Å². The van der Waals surface area contributed by atoms with Gasteiger partial charge in [-0.25, -0.2) is 14.5 Å². The van der Waals surface area contributed by atoms with E-state index in [2.05, 4.69) is 29.2 Å². The van der Waals surface area contributed by atoms with Gasteiger partial charge >= 0.3 is 12.2 Å². The summed E-state index contributed by atoms with van der Waals surface area (Å²) in [6.45, 7) is 6.64. The number of carbonyl (C=O) groups is 2. The fourth-order valence-corrected chi connectivity index (χ4v) is 4.70. The normalized spacial score (nSPS) is 17.8. The molecule has 2 aliphatic rings. The van der Waals surface area contributed by atoms with Crippen molar-refractivity contribution in [3.8, 4) is 11.1 Å². The number of rotatable bonds is 5. The Morgan fingerprint density at radius 2 is 1.59 bits per heavy atom. The van der Waals surface area contributed by atoms with E-state index in [9.17, 15) is 9.59 Å². The second kappa shape index (κ2) is 10.0. The molecule has 1 aliphatic heterocycles. The van der Waals surface area contributed by atoms with Gasteiger partial charge in [-0.2, -0.15) is 0 Å². The number of benzene rings is 2. The summed E-state index contributed by atoms with van der Waals surface area (Å²) < 4.78 is 11.3. The first-order valence-electron chi connectivity index (χ1n) is 11.6. The zero-order chi connectivity index (χ0) is 24.3. The van der Waals surface area contributed by atoms with Crippen LogP contribution >= 0.6 is 0 Å². The number of hydrogen-bond donors (Lipinski definition) is 1. The summed E-state index contributed by atoms with van der Waals surface area (Å²) in [5.74, 6) is -0.0290. The standard InChI is InChI=1S/C26H32N2O6/c1-26(2,3)34-24(29)27-13-14-28(18(16-27)12-15-33-31)25(30)32-17-23-21-10-6-4-8-19(21)20-9-5-7-11-22(20)23/h4-11,18,23,31H,12-17H2,1-3H3. The van der Waals surface area contributed by atoms with Crippen LogP contribution in [0.1, 0.15) is 44.2 Å². The highest BCUT2D eigenvalue weighted by Crippen LogP contribution is 2.44. The van der Waals surface area contributed by atoms with Crippen LogP contribution in [-0.4, -0.2) is 71.7 Å². The molecule has 0 spiro atoms. The quantitative estimate of drug-likeness (QED) is 0.504. The molecule has 1 unspecified atom stereocenters. The highest BCUT2D eigenvalue weighted by atomic mass is 17.1. The maximum atomic E-state index is 13.1. The zero-order valence-corrected chi connectivity index (χ0v) is 19.9. The fraction of sp³-hybridized carbons (Fsp3) is 0.462. The number of piperazine rings is 1. The third kappa shape index (κ3) is 5.18. The molecule has 1 N–H and O–H groups in total. The Kier molecular flexibility index (Phi) is 7.09. The van der Waals surface area contributed by atoms with Gasteiger partial charge in [-0.05, 0) is 49.4 Å². The van der Waals surface area contributed by atoms with Crippen molar-refractivity contribution in [2.75, 3.05) is 32.8 Å². The maximum Gasteiger partial charge on any atom is 0.410 e. The van der Waals surface area contributed by atoms with Gasteiger partial charge in [-0.3, -0.25) is 5.26 Å².